The molecule has 6 rings (SSSR count). The number of fused-ring (bicyclic) bond motifs is 4. The zero-order valence-electron chi connectivity index (χ0n) is 17.5. The van der Waals surface area contributed by atoms with Gasteiger partial charge in [-0.1, -0.05) is 48.2 Å². The molecule has 0 N–H and O–H groups in total. The molecule has 3 aromatic rings. The topological polar surface area (TPSA) is 54.4 Å². The van der Waals surface area contributed by atoms with E-state index in [4.69, 9.17) is 14.6 Å². The highest BCUT2D eigenvalue weighted by molar-refractivity contribution is 8.14. The first kappa shape index (κ1) is 19.3. The Balaban J connectivity index is 1.49. The van der Waals surface area contributed by atoms with E-state index in [1.165, 1.54) is 11.8 Å². The lowest BCUT2D eigenvalue weighted by Gasteiger charge is -2.48. The summed E-state index contributed by atoms with van der Waals surface area (Å²) < 4.78 is 11.9. The molecule has 0 radical (unpaired) electrons. The van der Waals surface area contributed by atoms with E-state index >= 15 is 0 Å². The third kappa shape index (κ3) is 2.81. The van der Waals surface area contributed by atoms with E-state index < -0.39 is 5.85 Å². The van der Waals surface area contributed by atoms with Crippen LogP contribution >= 0.6 is 11.8 Å². The normalized spacial score (nSPS) is 23.6. The van der Waals surface area contributed by atoms with Crippen LogP contribution in [0.25, 0.3) is 0 Å². The second-order valence-electron chi connectivity index (χ2n) is 7.95. The molecule has 32 heavy (non-hydrogen) atoms. The molecular formula is C25H21N3O3S. The smallest absolute Gasteiger partial charge is 0.296 e. The number of hydrogen-bond donors (Lipinski definition) is 0. The molecule has 0 aromatic heterocycles. The minimum absolute atomic E-state index is 0.0187. The van der Waals surface area contributed by atoms with Crippen LogP contribution in [-0.2, 0) is 0 Å². The van der Waals surface area contributed by atoms with Crippen LogP contribution in [0.2, 0.25) is 0 Å². The van der Waals surface area contributed by atoms with Gasteiger partial charge >= 0.3 is 0 Å². The summed E-state index contributed by atoms with van der Waals surface area (Å²) in [5, 5.41) is 7.02. The van der Waals surface area contributed by atoms with E-state index in [0.29, 0.717) is 5.75 Å². The average Bonchev–Trinajstić information content (AvgIpc) is 3.43. The summed E-state index contributed by atoms with van der Waals surface area (Å²) in [7, 11) is 1.66. The molecule has 1 spiro atoms. The molecule has 2 atom stereocenters. The zero-order chi connectivity index (χ0) is 21.7. The summed E-state index contributed by atoms with van der Waals surface area (Å²) in [6.45, 7) is 0. The number of nitrogens with zero attached hydrogens (tertiary/aromatic N) is 3. The van der Waals surface area contributed by atoms with Crippen molar-refractivity contribution < 1.29 is 14.3 Å². The highest BCUT2D eigenvalue weighted by Gasteiger charge is 2.60. The lowest BCUT2D eigenvalue weighted by Crippen LogP contribution is -2.64. The largest absolute Gasteiger partial charge is 0.497 e. The van der Waals surface area contributed by atoms with Crippen LogP contribution in [0, 0.1) is 0 Å². The van der Waals surface area contributed by atoms with Gasteiger partial charge in [0.25, 0.3) is 11.1 Å². The van der Waals surface area contributed by atoms with Gasteiger partial charge < -0.3 is 9.47 Å². The van der Waals surface area contributed by atoms with Crippen molar-refractivity contribution in [2.24, 2.45) is 5.10 Å². The molecule has 2 unspecified atom stereocenters. The van der Waals surface area contributed by atoms with Crippen molar-refractivity contribution >= 4 is 28.4 Å². The van der Waals surface area contributed by atoms with Crippen LogP contribution in [0.1, 0.15) is 23.6 Å². The van der Waals surface area contributed by atoms with Gasteiger partial charge in [-0.25, -0.2) is 9.91 Å². The monoisotopic (exact) mass is 443 g/mol. The molecule has 160 valence electrons. The van der Waals surface area contributed by atoms with Gasteiger partial charge in [0.05, 0.1) is 30.3 Å². The fourth-order valence-corrected chi connectivity index (χ4v) is 5.67. The quantitative estimate of drug-likeness (QED) is 0.552. The lowest BCUT2D eigenvalue weighted by atomic mass is 9.96. The number of carbonyl (C=O) groups excluding carboxylic acids is 1. The number of thioether (sulfide) groups is 1. The van der Waals surface area contributed by atoms with Gasteiger partial charge in [0.2, 0.25) is 0 Å². The predicted octanol–water partition coefficient (Wildman–Crippen LogP) is 5.27. The Bertz CT molecular complexity index is 1210. The van der Waals surface area contributed by atoms with E-state index in [-0.39, 0.29) is 11.3 Å². The Kier molecular flexibility index (Phi) is 4.40. The Morgan fingerprint density at radius 3 is 2.56 bits per heavy atom. The number of hydrazone groups is 1. The highest BCUT2D eigenvalue weighted by Crippen LogP contribution is 2.52. The molecule has 3 aliphatic heterocycles. The number of carbonyl (C=O) groups is 1. The van der Waals surface area contributed by atoms with Crippen molar-refractivity contribution in [3.8, 4) is 11.5 Å². The first-order valence-electron chi connectivity index (χ1n) is 10.5. The number of anilines is 1. The van der Waals surface area contributed by atoms with E-state index in [0.717, 1.165) is 40.4 Å². The second kappa shape index (κ2) is 7.31. The number of benzene rings is 3. The van der Waals surface area contributed by atoms with E-state index in [1.54, 1.807) is 12.0 Å². The molecule has 7 heteroatoms. The summed E-state index contributed by atoms with van der Waals surface area (Å²) in [5.74, 6) is 1.06. The molecule has 6 nitrogen and oxygen atoms in total. The van der Waals surface area contributed by atoms with Gasteiger partial charge in [-0.05, 0) is 48.0 Å². The number of hydrogen-bond acceptors (Lipinski definition) is 6. The molecule has 3 heterocycles. The number of methoxy groups -OCH3 is 1. The van der Waals surface area contributed by atoms with Gasteiger partial charge in [0.1, 0.15) is 11.5 Å². The second-order valence-corrected chi connectivity index (χ2v) is 8.87. The summed E-state index contributed by atoms with van der Waals surface area (Å²) >= 11 is 1.27. The maximum absolute atomic E-state index is 13.1. The first-order chi connectivity index (χ1) is 15.7. The van der Waals surface area contributed by atoms with Crippen LogP contribution in [0.4, 0.5) is 10.5 Å². The molecule has 1 saturated heterocycles. The Hall–Kier alpha value is -3.45. The van der Waals surface area contributed by atoms with Gasteiger partial charge in [-0.3, -0.25) is 4.79 Å². The van der Waals surface area contributed by atoms with Gasteiger partial charge in [0, 0.05) is 12.0 Å². The SMILES string of the molecule is COc1ccc(C2=NN3C(C2)c2ccccc2OC32CSC(=O)N2c2ccccc2)cc1. The average molecular weight is 444 g/mol. The van der Waals surface area contributed by atoms with Crippen LogP contribution < -0.4 is 14.4 Å². The van der Waals surface area contributed by atoms with E-state index in [9.17, 15) is 4.79 Å². The first-order valence-corrected chi connectivity index (χ1v) is 11.5. The van der Waals surface area contributed by atoms with Crippen LogP contribution in [0.3, 0.4) is 0 Å². The standard InChI is InChI=1S/C25H21N3O3S/c1-30-19-13-11-17(12-14-19)21-15-22-20-9-5-6-10-23(20)31-25(28(22)26-21)16-32-24(29)27(25)18-7-3-2-4-8-18/h2-14,22H,15-16H2,1H3. The Labute approximate surface area is 190 Å². The molecule has 3 aromatic carbocycles. The molecule has 0 aliphatic carbocycles. The van der Waals surface area contributed by atoms with Crippen molar-refractivity contribution in [1.82, 2.24) is 5.01 Å². The van der Waals surface area contributed by atoms with Crippen molar-refractivity contribution in [2.75, 3.05) is 17.8 Å². The molecule has 1 fully saturated rings. The van der Waals surface area contributed by atoms with Crippen LogP contribution in [0.15, 0.2) is 84.0 Å². The Morgan fingerprint density at radius 2 is 1.78 bits per heavy atom. The fourth-order valence-electron chi connectivity index (χ4n) is 4.66. The number of amides is 1. The summed E-state index contributed by atoms with van der Waals surface area (Å²) in [6, 6.07) is 25.7. The summed E-state index contributed by atoms with van der Waals surface area (Å²) in [6.07, 6.45) is 0.732. The van der Waals surface area contributed by atoms with Crippen LogP contribution in [0.5, 0.6) is 11.5 Å². The maximum atomic E-state index is 13.1. The number of para-hydroxylation sites is 2. The fraction of sp³-hybridized carbons (Fsp3) is 0.200. The van der Waals surface area contributed by atoms with Gasteiger partial charge in [0.15, 0.2) is 0 Å². The van der Waals surface area contributed by atoms with Crippen molar-refractivity contribution in [3.05, 3.63) is 90.0 Å². The van der Waals surface area contributed by atoms with Gasteiger partial charge in [-0.2, -0.15) is 5.10 Å². The minimum atomic E-state index is -1.02. The summed E-state index contributed by atoms with van der Waals surface area (Å²) in [5.41, 5.74) is 3.89. The van der Waals surface area contributed by atoms with Crippen molar-refractivity contribution in [2.45, 2.75) is 18.3 Å². The van der Waals surface area contributed by atoms with E-state index in [1.807, 2.05) is 77.8 Å². The van der Waals surface area contributed by atoms with Gasteiger partial charge in [-0.15, -0.1) is 0 Å². The highest BCUT2D eigenvalue weighted by atomic mass is 32.2. The maximum Gasteiger partial charge on any atom is 0.296 e. The Morgan fingerprint density at radius 1 is 1.03 bits per heavy atom. The predicted molar refractivity (Wildman–Crippen MR) is 125 cm³/mol. The molecule has 0 saturated carbocycles. The van der Waals surface area contributed by atoms with Crippen LogP contribution in [-0.4, -0.2) is 34.7 Å². The molecular weight excluding hydrogens is 422 g/mol. The third-order valence-corrected chi connectivity index (χ3v) is 7.12. The molecule has 3 aliphatic rings. The lowest BCUT2D eigenvalue weighted by molar-refractivity contribution is -0.0927. The van der Waals surface area contributed by atoms with E-state index in [2.05, 4.69) is 6.07 Å². The van der Waals surface area contributed by atoms with Crippen molar-refractivity contribution in [3.63, 3.8) is 0 Å². The van der Waals surface area contributed by atoms with Crippen molar-refractivity contribution in [1.29, 1.82) is 0 Å². The number of rotatable bonds is 3. The number of ether oxygens (including phenoxy) is 2. The summed E-state index contributed by atoms with van der Waals surface area (Å²) in [4.78, 5) is 14.8. The molecule has 1 amide bonds. The zero-order valence-corrected chi connectivity index (χ0v) is 18.3. The molecule has 0 bridgehead atoms. The minimum Gasteiger partial charge on any atom is -0.497 e. The third-order valence-electron chi connectivity index (χ3n) is 6.17.